The molecule has 0 aromatic carbocycles. The second kappa shape index (κ2) is 15.4. The topological polar surface area (TPSA) is 0 Å². The molecular weight excluding hydrogens is 369 g/mol. The summed E-state index contributed by atoms with van der Waals surface area (Å²) in [6, 6.07) is 0.734. The van der Waals surface area contributed by atoms with Crippen molar-refractivity contribution in [3.8, 4) is 0 Å². The molecule has 0 amide bonds. The van der Waals surface area contributed by atoms with Crippen molar-refractivity contribution >= 4 is 11.6 Å². The number of alkyl halides is 1. The van der Waals surface area contributed by atoms with Gasteiger partial charge in [-0.3, -0.25) is 0 Å². The summed E-state index contributed by atoms with van der Waals surface area (Å²) in [6.45, 7) is 3.50. The van der Waals surface area contributed by atoms with Crippen molar-refractivity contribution in [2.75, 3.05) is 26.6 Å². The highest BCUT2D eigenvalue weighted by atomic mass is 127. The van der Waals surface area contributed by atoms with Crippen LogP contribution < -0.4 is 24.0 Å². The Morgan fingerprint density at radius 2 is 1.05 bits per heavy atom. The maximum atomic E-state index is 5.90. The van der Waals surface area contributed by atoms with Gasteiger partial charge in [0, 0.05) is 0 Å². The van der Waals surface area contributed by atoms with Gasteiger partial charge in [0.15, 0.2) is 6.00 Å². The fourth-order valence-electron chi connectivity index (χ4n) is 2.26. The smallest absolute Gasteiger partial charge is 0.154 e. The van der Waals surface area contributed by atoms with E-state index in [1.165, 1.54) is 77.2 Å². The molecule has 0 bridgehead atoms. The average Bonchev–Trinajstić information content (AvgIpc) is 2.36. The summed E-state index contributed by atoms with van der Waals surface area (Å²) in [5, 5.41) is 0. The van der Waals surface area contributed by atoms with Crippen molar-refractivity contribution in [1.82, 2.24) is 0 Å². The molecule has 3 heteroatoms. The molecule has 0 atom stereocenters. The van der Waals surface area contributed by atoms with Gasteiger partial charge in [0.1, 0.15) is 0 Å². The molecule has 0 spiro atoms. The summed E-state index contributed by atoms with van der Waals surface area (Å²) in [5.41, 5.74) is 0. The van der Waals surface area contributed by atoms with Crippen molar-refractivity contribution in [2.24, 2.45) is 0 Å². The number of rotatable bonds is 13. The van der Waals surface area contributed by atoms with Gasteiger partial charge >= 0.3 is 0 Å². The van der Waals surface area contributed by atoms with Gasteiger partial charge in [0.05, 0.1) is 20.6 Å². The lowest BCUT2D eigenvalue weighted by molar-refractivity contribution is -0.879. The van der Waals surface area contributed by atoms with E-state index in [0.29, 0.717) is 0 Å². The fourth-order valence-corrected chi connectivity index (χ4v) is 2.38. The zero-order chi connectivity index (χ0) is 13.7. The van der Waals surface area contributed by atoms with Crippen molar-refractivity contribution < 1.29 is 28.5 Å². The monoisotopic (exact) mass is 403 g/mol. The van der Waals surface area contributed by atoms with E-state index in [1.807, 2.05) is 0 Å². The van der Waals surface area contributed by atoms with Crippen LogP contribution in [0.2, 0.25) is 0 Å². The van der Waals surface area contributed by atoms with Crippen LogP contribution in [0, 0.1) is 0 Å². The maximum Gasteiger partial charge on any atom is 0.154 e. The van der Waals surface area contributed by atoms with Crippen LogP contribution in [0.4, 0.5) is 0 Å². The molecule has 0 saturated carbocycles. The van der Waals surface area contributed by atoms with E-state index in [2.05, 4.69) is 21.0 Å². The Kier molecular flexibility index (Phi) is 18.0. The third-order valence-electron chi connectivity index (χ3n) is 3.69. The minimum Gasteiger partial charge on any atom is -1.00 e. The standard InChI is InChI=1S/C16H35ClN.HI/c1-4-5-6-7-8-9-10-11-12-13-14-15-18(2,3)16-17;/h4-16H2,1-3H3;1H/q+1;/p-1. The lowest BCUT2D eigenvalue weighted by Crippen LogP contribution is -3.00. The normalized spacial score (nSPS) is 11.4. The van der Waals surface area contributed by atoms with Crippen LogP contribution in [0.25, 0.3) is 0 Å². The second-order valence-corrected chi connectivity index (χ2v) is 6.55. The fraction of sp³-hybridized carbons (Fsp3) is 1.00. The summed E-state index contributed by atoms with van der Waals surface area (Å²) in [7, 11) is 4.42. The maximum absolute atomic E-state index is 5.90. The molecule has 118 valence electrons. The van der Waals surface area contributed by atoms with Gasteiger partial charge in [0.25, 0.3) is 0 Å². The van der Waals surface area contributed by atoms with Crippen LogP contribution in [0.1, 0.15) is 77.6 Å². The first-order valence-electron chi connectivity index (χ1n) is 8.00. The SMILES string of the molecule is CCCCCCCCCCCCC[N+](C)(C)CCl.[I-]. The Labute approximate surface area is 144 Å². The highest BCUT2D eigenvalue weighted by molar-refractivity contribution is 6.16. The number of hydrogen-bond donors (Lipinski definition) is 0. The molecule has 0 rings (SSSR count). The molecule has 0 radical (unpaired) electrons. The van der Waals surface area contributed by atoms with Gasteiger partial charge in [-0.2, -0.15) is 0 Å². The Morgan fingerprint density at radius 1 is 0.684 bits per heavy atom. The van der Waals surface area contributed by atoms with Crippen LogP contribution in [0.3, 0.4) is 0 Å². The number of unbranched alkanes of at least 4 members (excludes halogenated alkanes) is 10. The third kappa shape index (κ3) is 16.9. The number of halogens is 2. The molecule has 0 N–H and O–H groups in total. The first-order chi connectivity index (χ1) is 8.62. The Balaban J connectivity index is 0. The first kappa shape index (κ1) is 22.3. The van der Waals surface area contributed by atoms with Crippen LogP contribution in [-0.2, 0) is 0 Å². The van der Waals surface area contributed by atoms with E-state index >= 15 is 0 Å². The molecule has 19 heavy (non-hydrogen) atoms. The Morgan fingerprint density at radius 3 is 1.42 bits per heavy atom. The largest absolute Gasteiger partial charge is 1.00 e. The van der Waals surface area contributed by atoms with Gasteiger partial charge in [-0.05, 0) is 12.8 Å². The number of nitrogens with zero attached hydrogens (tertiary/aromatic N) is 1. The summed E-state index contributed by atoms with van der Waals surface area (Å²) in [6.07, 6.45) is 15.6. The predicted molar refractivity (Wildman–Crippen MR) is 84.2 cm³/mol. The summed E-state index contributed by atoms with van der Waals surface area (Å²) < 4.78 is 0.957. The highest BCUT2D eigenvalue weighted by Crippen LogP contribution is 2.12. The van der Waals surface area contributed by atoms with E-state index in [0.717, 1.165) is 10.5 Å². The lowest BCUT2D eigenvalue weighted by atomic mass is 10.1. The molecule has 0 aliphatic carbocycles. The molecule has 0 heterocycles. The molecule has 0 aromatic heterocycles. The van der Waals surface area contributed by atoms with E-state index in [-0.39, 0.29) is 24.0 Å². The minimum atomic E-state index is 0. The summed E-state index contributed by atoms with van der Waals surface area (Å²) >= 11 is 5.90. The van der Waals surface area contributed by atoms with Crippen molar-refractivity contribution in [1.29, 1.82) is 0 Å². The van der Waals surface area contributed by atoms with Gasteiger partial charge in [-0.15, -0.1) is 0 Å². The molecule has 0 aromatic rings. The predicted octanol–water partition coefficient (Wildman–Crippen LogP) is 2.57. The van der Waals surface area contributed by atoms with Crippen molar-refractivity contribution in [2.45, 2.75) is 77.6 Å². The van der Waals surface area contributed by atoms with Gasteiger partial charge in [0.2, 0.25) is 0 Å². The lowest BCUT2D eigenvalue weighted by Gasteiger charge is -2.26. The second-order valence-electron chi connectivity index (χ2n) is 6.31. The van der Waals surface area contributed by atoms with E-state index in [1.54, 1.807) is 0 Å². The number of quaternary nitrogens is 1. The molecule has 1 nitrogen and oxygen atoms in total. The summed E-state index contributed by atoms with van der Waals surface area (Å²) in [4.78, 5) is 0. The Bertz CT molecular complexity index is 174. The van der Waals surface area contributed by atoms with Gasteiger partial charge < -0.3 is 28.5 Å². The van der Waals surface area contributed by atoms with Crippen LogP contribution in [0.5, 0.6) is 0 Å². The quantitative estimate of drug-likeness (QED) is 0.146. The molecule has 0 saturated heterocycles. The molecule has 0 fully saturated rings. The Hall–Kier alpha value is 0.980. The van der Waals surface area contributed by atoms with E-state index in [4.69, 9.17) is 11.6 Å². The van der Waals surface area contributed by atoms with Gasteiger partial charge in [-0.1, -0.05) is 76.3 Å². The van der Waals surface area contributed by atoms with Crippen LogP contribution in [-0.4, -0.2) is 31.1 Å². The number of hydrogen-bond acceptors (Lipinski definition) is 0. The van der Waals surface area contributed by atoms with Crippen molar-refractivity contribution in [3.63, 3.8) is 0 Å². The van der Waals surface area contributed by atoms with Gasteiger partial charge in [-0.25, -0.2) is 0 Å². The zero-order valence-electron chi connectivity index (χ0n) is 13.4. The first-order valence-corrected chi connectivity index (χ1v) is 8.54. The minimum absolute atomic E-state index is 0. The molecule has 0 unspecified atom stereocenters. The van der Waals surface area contributed by atoms with E-state index in [9.17, 15) is 0 Å². The van der Waals surface area contributed by atoms with Crippen LogP contribution >= 0.6 is 11.6 Å². The third-order valence-corrected chi connectivity index (χ3v) is 4.34. The van der Waals surface area contributed by atoms with Crippen molar-refractivity contribution in [3.05, 3.63) is 0 Å². The highest BCUT2D eigenvalue weighted by Gasteiger charge is 2.11. The zero-order valence-corrected chi connectivity index (χ0v) is 16.3. The molecular formula is C16H35ClIN. The molecule has 0 aliphatic rings. The van der Waals surface area contributed by atoms with E-state index < -0.39 is 0 Å². The average molecular weight is 404 g/mol. The van der Waals surface area contributed by atoms with Crippen LogP contribution in [0.15, 0.2) is 0 Å². The summed E-state index contributed by atoms with van der Waals surface area (Å²) in [5.74, 6) is 0. The molecule has 0 aliphatic heterocycles.